The van der Waals surface area contributed by atoms with Gasteiger partial charge < -0.3 is 10.1 Å². The van der Waals surface area contributed by atoms with Crippen molar-refractivity contribution in [2.24, 2.45) is 5.92 Å². The number of aromatic nitrogens is 1. The summed E-state index contributed by atoms with van der Waals surface area (Å²) in [5.74, 6) is 1.19. The standard InChI is InChI=1S/C20H22N2O3S/c1-14(2)20-19-16-10-12-22(26(23,24)15-6-4-3-5-7-15)17(16)8-9-18(19)25-13-11-21-20/h3-10,12,14,20-21H,11,13H2,1-2H3. The number of hydrogen-bond donors (Lipinski definition) is 1. The lowest BCUT2D eigenvalue weighted by Crippen LogP contribution is -2.26. The Hall–Kier alpha value is -2.31. The predicted octanol–water partition coefficient (Wildman–Crippen LogP) is 3.56. The summed E-state index contributed by atoms with van der Waals surface area (Å²) < 4.78 is 33.4. The Bertz CT molecular complexity index is 1040. The van der Waals surface area contributed by atoms with E-state index in [2.05, 4.69) is 19.2 Å². The third-order valence-corrected chi connectivity index (χ3v) is 6.54. The Morgan fingerprint density at radius 1 is 1.12 bits per heavy atom. The molecule has 2 heterocycles. The van der Waals surface area contributed by atoms with Crippen LogP contribution in [0.25, 0.3) is 10.9 Å². The average Bonchev–Trinajstić information content (AvgIpc) is 2.95. The van der Waals surface area contributed by atoms with Gasteiger partial charge in [-0.05, 0) is 36.2 Å². The van der Waals surface area contributed by atoms with Crippen LogP contribution in [0, 0.1) is 5.92 Å². The van der Waals surface area contributed by atoms with Crippen molar-refractivity contribution >= 4 is 20.9 Å². The van der Waals surface area contributed by atoms with Gasteiger partial charge >= 0.3 is 0 Å². The Morgan fingerprint density at radius 2 is 1.88 bits per heavy atom. The highest BCUT2D eigenvalue weighted by Crippen LogP contribution is 2.38. The van der Waals surface area contributed by atoms with E-state index in [0.717, 1.165) is 23.2 Å². The molecule has 136 valence electrons. The van der Waals surface area contributed by atoms with Gasteiger partial charge in [-0.1, -0.05) is 32.0 Å². The van der Waals surface area contributed by atoms with Gasteiger partial charge in [0.05, 0.1) is 10.4 Å². The fraction of sp³-hybridized carbons (Fsp3) is 0.300. The van der Waals surface area contributed by atoms with E-state index >= 15 is 0 Å². The number of nitrogens with zero attached hydrogens (tertiary/aromatic N) is 1. The van der Waals surface area contributed by atoms with Crippen LogP contribution in [0.2, 0.25) is 0 Å². The smallest absolute Gasteiger partial charge is 0.268 e. The van der Waals surface area contributed by atoms with Gasteiger partial charge in [0.25, 0.3) is 10.0 Å². The maximum atomic E-state index is 13.1. The Kier molecular flexibility index (Phi) is 4.25. The number of nitrogens with one attached hydrogen (secondary N) is 1. The molecule has 0 saturated carbocycles. The van der Waals surface area contributed by atoms with Gasteiger partial charge in [0.1, 0.15) is 12.4 Å². The molecule has 0 radical (unpaired) electrons. The van der Waals surface area contributed by atoms with Crippen molar-refractivity contribution in [3.8, 4) is 5.75 Å². The van der Waals surface area contributed by atoms with Crippen molar-refractivity contribution in [1.29, 1.82) is 0 Å². The monoisotopic (exact) mass is 370 g/mol. The maximum absolute atomic E-state index is 13.1. The molecule has 1 atom stereocenters. The molecule has 1 aliphatic heterocycles. The molecule has 2 aromatic carbocycles. The first-order valence-corrected chi connectivity index (χ1v) is 10.2. The van der Waals surface area contributed by atoms with Crippen LogP contribution in [-0.4, -0.2) is 25.5 Å². The molecule has 0 amide bonds. The predicted molar refractivity (Wildman–Crippen MR) is 102 cm³/mol. The fourth-order valence-electron chi connectivity index (χ4n) is 3.60. The van der Waals surface area contributed by atoms with Crippen LogP contribution in [0.1, 0.15) is 25.5 Å². The molecule has 0 saturated heterocycles. The topological polar surface area (TPSA) is 60.3 Å². The van der Waals surface area contributed by atoms with Crippen LogP contribution in [0.3, 0.4) is 0 Å². The second kappa shape index (κ2) is 6.45. The average molecular weight is 370 g/mol. The lowest BCUT2D eigenvalue weighted by Gasteiger charge is -2.22. The van der Waals surface area contributed by atoms with E-state index in [-0.39, 0.29) is 10.9 Å². The molecule has 4 rings (SSSR count). The molecule has 0 bridgehead atoms. The maximum Gasteiger partial charge on any atom is 0.268 e. The van der Waals surface area contributed by atoms with Crippen LogP contribution < -0.4 is 10.1 Å². The molecule has 5 nitrogen and oxygen atoms in total. The van der Waals surface area contributed by atoms with E-state index in [1.165, 1.54) is 3.97 Å². The number of fused-ring (bicyclic) bond motifs is 3. The molecule has 26 heavy (non-hydrogen) atoms. The lowest BCUT2D eigenvalue weighted by molar-refractivity contribution is 0.321. The van der Waals surface area contributed by atoms with Crippen molar-refractivity contribution in [3.63, 3.8) is 0 Å². The molecule has 0 aliphatic carbocycles. The highest BCUT2D eigenvalue weighted by molar-refractivity contribution is 7.90. The van der Waals surface area contributed by atoms with Crippen LogP contribution >= 0.6 is 0 Å². The highest BCUT2D eigenvalue weighted by Gasteiger charge is 2.27. The molecular formula is C20H22N2O3S. The first-order valence-electron chi connectivity index (χ1n) is 8.81. The van der Waals surface area contributed by atoms with E-state index in [0.29, 0.717) is 18.0 Å². The zero-order chi connectivity index (χ0) is 18.3. The molecule has 0 fully saturated rings. The third kappa shape index (κ3) is 2.70. The number of hydrogen-bond acceptors (Lipinski definition) is 4. The van der Waals surface area contributed by atoms with Gasteiger partial charge in [-0.25, -0.2) is 12.4 Å². The summed E-state index contributed by atoms with van der Waals surface area (Å²) in [6.45, 7) is 5.68. The zero-order valence-electron chi connectivity index (χ0n) is 14.8. The summed E-state index contributed by atoms with van der Waals surface area (Å²) in [5.41, 5.74) is 1.71. The van der Waals surface area contributed by atoms with Crippen LogP contribution in [-0.2, 0) is 10.0 Å². The van der Waals surface area contributed by atoms with E-state index in [1.54, 1.807) is 30.5 Å². The molecule has 1 aliphatic rings. The van der Waals surface area contributed by atoms with Gasteiger partial charge in [0.15, 0.2) is 0 Å². The van der Waals surface area contributed by atoms with Gasteiger partial charge in [0, 0.05) is 29.7 Å². The fourth-order valence-corrected chi connectivity index (χ4v) is 4.97. The first-order chi connectivity index (χ1) is 12.5. The van der Waals surface area contributed by atoms with Gasteiger partial charge in [-0.3, -0.25) is 0 Å². The molecule has 1 aromatic heterocycles. The van der Waals surface area contributed by atoms with Crippen LogP contribution in [0.15, 0.2) is 59.6 Å². The largest absolute Gasteiger partial charge is 0.492 e. The van der Waals surface area contributed by atoms with E-state index in [1.807, 2.05) is 24.3 Å². The zero-order valence-corrected chi connectivity index (χ0v) is 15.7. The molecule has 0 spiro atoms. The lowest BCUT2D eigenvalue weighted by atomic mass is 9.93. The summed E-state index contributed by atoms with van der Waals surface area (Å²) >= 11 is 0. The molecule has 6 heteroatoms. The summed E-state index contributed by atoms with van der Waals surface area (Å²) in [7, 11) is -3.64. The number of ether oxygens (including phenoxy) is 1. The quantitative estimate of drug-likeness (QED) is 0.766. The Balaban J connectivity index is 1.94. The second-order valence-corrected chi connectivity index (χ2v) is 8.68. The summed E-state index contributed by atoms with van der Waals surface area (Å²) in [4.78, 5) is 0.280. The van der Waals surface area contributed by atoms with E-state index < -0.39 is 10.0 Å². The van der Waals surface area contributed by atoms with Gasteiger partial charge in [0.2, 0.25) is 0 Å². The Labute approximate surface area is 153 Å². The second-order valence-electron chi connectivity index (χ2n) is 6.86. The number of benzene rings is 2. The minimum atomic E-state index is -3.64. The van der Waals surface area contributed by atoms with E-state index in [4.69, 9.17) is 4.74 Å². The minimum absolute atomic E-state index is 0.117. The SMILES string of the molecule is CC(C)C1NCCOc2ccc3c(ccn3S(=O)(=O)c3ccccc3)c21. The molecule has 3 aromatic rings. The molecular weight excluding hydrogens is 348 g/mol. The summed E-state index contributed by atoms with van der Waals surface area (Å²) in [6.07, 6.45) is 1.63. The van der Waals surface area contributed by atoms with Gasteiger partial charge in [-0.2, -0.15) is 0 Å². The number of rotatable bonds is 3. The van der Waals surface area contributed by atoms with Gasteiger partial charge in [-0.15, -0.1) is 0 Å². The van der Waals surface area contributed by atoms with Crippen molar-refractivity contribution in [1.82, 2.24) is 9.29 Å². The third-order valence-electron chi connectivity index (χ3n) is 4.84. The van der Waals surface area contributed by atoms with Crippen molar-refractivity contribution in [2.75, 3.05) is 13.2 Å². The van der Waals surface area contributed by atoms with Crippen molar-refractivity contribution in [2.45, 2.75) is 24.8 Å². The first kappa shape index (κ1) is 17.1. The minimum Gasteiger partial charge on any atom is -0.492 e. The highest BCUT2D eigenvalue weighted by atomic mass is 32.2. The van der Waals surface area contributed by atoms with Crippen LogP contribution in [0.5, 0.6) is 5.75 Å². The normalized spacial score (nSPS) is 17.7. The van der Waals surface area contributed by atoms with Crippen LogP contribution in [0.4, 0.5) is 0 Å². The summed E-state index contributed by atoms with van der Waals surface area (Å²) in [5, 5.41) is 4.44. The van der Waals surface area contributed by atoms with E-state index in [9.17, 15) is 8.42 Å². The summed E-state index contributed by atoms with van der Waals surface area (Å²) in [6, 6.07) is 14.2. The van der Waals surface area contributed by atoms with Crippen molar-refractivity contribution in [3.05, 3.63) is 60.3 Å². The van der Waals surface area contributed by atoms with Crippen molar-refractivity contribution < 1.29 is 13.2 Å². The molecule has 1 unspecified atom stereocenters. The Morgan fingerprint density at radius 3 is 2.62 bits per heavy atom. The molecule has 1 N–H and O–H groups in total.